The highest BCUT2D eigenvalue weighted by atomic mass is 16.2. The van der Waals surface area contributed by atoms with E-state index in [0.717, 1.165) is 4.90 Å². The number of piperazine rings is 1. The number of nitrogens with one attached hydrogen (secondary N) is 1. The Morgan fingerprint density at radius 2 is 1.73 bits per heavy atom. The monoisotopic (exact) mass is 413 g/mol. The van der Waals surface area contributed by atoms with E-state index in [1.54, 1.807) is 37.2 Å². The van der Waals surface area contributed by atoms with Crippen LogP contribution < -0.4 is 10.2 Å². The standard InChI is InChI=1S/C20H23N5O5/c1-22(2)20(30)24-10-8-23(9-11-24)13-5-3-4-12-16(13)19(29)25(18(12)28)14-6-7-15(26)21-17(14)27/h3-5,14H,6-11H2,1-2H3,(H,21,26,27). The van der Waals surface area contributed by atoms with Crippen LogP contribution >= 0.6 is 0 Å². The van der Waals surface area contributed by atoms with Crippen molar-refractivity contribution in [1.82, 2.24) is 20.0 Å². The van der Waals surface area contributed by atoms with Gasteiger partial charge in [0.05, 0.1) is 16.8 Å². The molecule has 1 atom stereocenters. The number of fused-ring (bicyclic) bond motifs is 1. The van der Waals surface area contributed by atoms with Crippen molar-refractivity contribution < 1.29 is 24.0 Å². The molecule has 10 heteroatoms. The largest absolute Gasteiger partial charge is 0.367 e. The Morgan fingerprint density at radius 1 is 1.03 bits per heavy atom. The summed E-state index contributed by atoms with van der Waals surface area (Å²) in [5.41, 5.74) is 1.16. The number of hydrogen-bond acceptors (Lipinski definition) is 6. The van der Waals surface area contributed by atoms with Crippen LogP contribution in [-0.2, 0) is 9.59 Å². The van der Waals surface area contributed by atoms with E-state index in [9.17, 15) is 24.0 Å². The maximum Gasteiger partial charge on any atom is 0.319 e. The molecule has 1 aromatic carbocycles. The molecule has 1 N–H and O–H groups in total. The Balaban J connectivity index is 1.58. The number of urea groups is 1. The number of piperidine rings is 1. The zero-order valence-electron chi connectivity index (χ0n) is 16.9. The number of nitrogens with zero attached hydrogens (tertiary/aromatic N) is 4. The highest BCUT2D eigenvalue weighted by Gasteiger charge is 2.46. The maximum atomic E-state index is 13.2. The van der Waals surface area contributed by atoms with Gasteiger partial charge in [0.15, 0.2) is 0 Å². The summed E-state index contributed by atoms with van der Waals surface area (Å²) in [6, 6.07) is 4.02. The minimum atomic E-state index is -0.988. The van der Waals surface area contributed by atoms with Gasteiger partial charge in [0.2, 0.25) is 11.8 Å². The van der Waals surface area contributed by atoms with E-state index in [4.69, 9.17) is 0 Å². The zero-order valence-corrected chi connectivity index (χ0v) is 16.9. The molecule has 10 nitrogen and oxygen atoms in total. The molecular weight excluding hydrogens is 390 g/mol. The summed E-state index contributed by atoms with van der Waals surface area (Å²) >= 11 is 0. The van der Waals surface area contributed by atoms with Crippen LogP contribution in [0.2, 0.25) is 0 Å². The van der Waals surface area contributed by atoms with Crippen LogP contribution in [0, 0.1) is 0 Å². The highest BCUT2D eigenvalue weighted by Crippen LogP contribution is 2.34. The molecule has 0 saturated carbocycles. The first-order chi connectivity index (χ1) is 14.3. The van der Waals surface area contributed by atoms with E-state index in [0.29, 0.717) is 31.9 Å². The van der Waals surface area contributed by atoms with Crippen molar-refractivity contribution in [3.05, 3.63) is 29.3 Å². The molecule has 3 aliphatic rings. The Bertz CT molecular complexity index is 951. The topological polar surface area (TPSA) is 110 Å². The van der Waals surface area contributed by atoms with Crippen molar-refractivity contribution >= 4 is 35.3 Å². The van der Waals surface area contributed by atoms with Crippen LogP contribution in [0.5, 0.6) is 0 Å². The summed E-state index contributed by atoms with van der Waals surface area (Å²) < 4.78 is 0. The number of imide groups is 2. The van der Waals surface area contributed by atoms with E-state index in [1.165, 1.54) is 4.90 Å². The molecule has 3 heterocycles. The van der Waals surface area contributed by atoms with Crippen molar-refractivity contribution in [3.63, 3.8) is 0 Å². The Morgan fingerprint density at radius 3 is 2.37 bits per heavy atom. The molecule has 4 rings (SSSR count). The van der Waals surface area contributed by atoms with Gasteiger partial charge in [0.25, 0.3) is 11.8 Å². The second-order valence-electron chi connectivity index (χ2n) is 7.80. The molecule has 0 bridgehead atoms. The molecule has 1 aromatic rings. The fourth-order valence-electron chi connectivity index (χ4n) is 4.18. The summed E-state index contributed by atoms with van der Waals surface area (Å²) in [7, 11) is 3.40. The molecule has 0 spiro atoms. The maximum absolute atomic E-state index is 13.2. The van der Waals surface area contributed by atoms with Crippen molar-refractivity contribution in [2.45, 2.75) is 18.9 Å². The summed E-state index contributed by atoms with van der Waals surface area (Å²) in [5.74, 6) is -2.07. The molecule has 158 valence electrons. The van der Waals surface area contributed by atoms with Gasteiger partial charge in [-0.2, -0.15) is 0 Å². The molecule has 0 aromatic heterocycles. The molecule has 0 radical (unpaired) electrons. The van der Waals surface area contributed by atoms with Crippen LogP contribution in [0.3, 0.4) is 0 Å². The Kier molecular flexibility index (Phi) is 4.92. The van der Waals surface area contributed by atoms with Crippen LogP contribution in [0.25, 0.3) is 0 Å². The smallest absolute Gasteiger partial charge is 0.319 e. The molecule has 2 fully saturated rings. The van der Waals surface area contributed by atoms with Gasteiger partial charge in [0, 0.05) is 46.7 Å². The van der Waals surface area contributed by atoms with Crippen LogP contribution in [0.1, 0.15) is 33.6 Å². The van der Waals surface area contributed by atoms with Crippen molar-refractivity contribution in [2.75, 3.05) is 45.2 Å². The number of rotatable bonds is 2. The van der Waals surface area contributed by atoms with Gasteiger partial charge >= 0.3 is 6.03 Å². The zero-order chi connectivity index (χ0) is 21.6. The van der Waals surface area contributed by atoms with Crippen LogP contribution in [-0.4, -0.2) is 90.7 Å². The Hall–Kier alpha value is -3.43. The number of anilines is 1. The van der Waals surface area contributed by atoms with Gasteiger partial charge in [-0.3, -0.25) is 29.4 Å². The van der Waals surface area contributed by atoms with Gasteiger partial charge in [-0.1, -0.05) is 6.07 Å². The van der Waals surface area contributed by atoms with E-state index in [1.807, 2.05) is 4.90 Å². The van der Waals surface area contributed by atoms with Crippen LogP contribution in [0.15, 0.2) is 18.2 Å². The van der Waals surface area contributed by atoms with Crippen molar-refractivity contribution in [2.24, 2.45) is 0 Å². The van der Waals surface area contributed by atoms with E-state index < -0.39 is 29.7 Å². The second kappa shape index (κ2) is 7.43. The van der Waals surface area contributed by atoms with E-state index in [-0.39, 0.29) is 30.0 Å². The third-order valence-electron chi connectivity index (χ3n) is 5.72. The summed E-state index contributed by atoms with van der Waals surface area (Å²) in [4.78, 5) is 68.2. The second-order valence-corrected chi connectivity index (χ2v) is 7.80. The summed E-state index contributed by atoms with van der Waals surface area (Å²) in [6.07, 6.45) is 0.204. The number of carbonyl (C=O) groups excluding carboxylic acids is 5. The fourth-order valence-corrected chi connectivity index (χ4v) is 4.18. The van der Waals surface area contributed by atoms with Crippen molar-refractivity contribution in [3.8, 4) is 0 Å². The molecule has 6 amide bonds. The lowest BCUT2D eigenvalue weighted by Crippen LogP contribution is -2.54. The van der Waals surface area contributed by atoms with Gasteiger partial charge < -0.3 is 14.7 Å². The minimum absolute atomic E-state index is 0.0665. The lowest BCUT2D eigenvalue weighted by Gasteiger charge is -2.37. The molecular formula is C20H23N5O5. The van der Waals surface area contributed by atoms with Gasteiger partial charge in [-0.05, 0) is 18.6 Å². The summed E-state index contributed by atoms with van der Waals surface area (Å²) in [6.45, 7) is 2.05. The van der Waals surface area contributed by atoms with E-state index >= 15 is 0 Å². The third-order valence-corrected chi connectivity index (χ3v) is 5.72. The molecule has 1 unspecified atom stereocenters. The number of amides is 6. The van der Waals surface area contributed by atoms with Gasteiger partial charge in [-0.15, -0.1) is 0 Å². The SMILES string of the molecule is CN(C)C(=O)N1CCN(c2cccc3c2C(=O)N(C2CCC(=O)NC2=O)C3=O)CC1. The first-order valence-corrected chi connectivity index (χ1v) is 9.85. The predicted octanol–water partition coefficient (Wildman–Crippen LogP) is -0.109. The summed E-state index contributed by atoms with van der Waals surface area (Å²) in [5, 5.41) is 2.20. The lowest BCUT2D eigenvalue weighted by molar-refractivity contribution is -0.136. The first kappa shape index (κ1) is 19.9. The normalized spacial score (nSPS) is 21.7. The van der Waals surface area contributed by atoms with E-state index in [2.05, 4.69) is 5.32 Å². The van der Waals surface area contributed by atoms with Gasteiger partial charge in [0.1, 0.15) is 6.04 Å². The average molecular weight is 413 g/mol. The Labute approximate surface area is 173 Å². The number of carbonyl (C=O) groups is 5. The number of benzene rings is 1. The van der Waals surface area contributed by atoms with Crippen LogP contribution in [0.4, 0.5) is 10.5 Å². The average Bonchev–Trinajstić information content (AvgIpc) is 2.98. The molecule has 30 heavy (non-hydrogen) atoms. The highest BCUT2D eigenvalue weighted by molar-refractivity contribution is 6.25. The quantitative estimate of drug-likeness (QED) is 0.678. The minimum Gasteiger partial charge on any atom is -0.367 e. The third kappa shape index (κ3) is 3.17. The fraction of sp³-hybridized carbons (Fsp3) is 0.450. The number of hydrogen-bond donors (Lipinski definition) is 1. The predicted molar refractivity (Wildman–Crippen MR) is 106 cm³/mol. The van der Waals surface area contributed by atoms with Crippen molar-refractivity contribution in [1.29, 1.82) is 0 Å². The molecule has 2 saturated heterocycles. The van der Waals surface area contributed by atoms with Gasteiger partial charge in [-0.25, -0.2) is 4.79 Å². The molecule has 3 aliphatic heterocycles. The molecule has 0 aliphatic carbocycles. The first-order valence-electron chi connectivity index (χ1n) is 9.85. The lowest BCUT2D eigenvalue weighted by atomic mass is 10.0.